The SMILES string of the molecule is O=C(O)c1cc(-c2cc(F)cc(F)c2)n(-c2cccc(Cl)c2)n1. The molecule has 0 atom stereocenters. The van der Waals surface area contributed by atoms with E-state index in [-0.39, 0.29) is 17.0 Å². The Balaban J connectivity index is 2.25. The fourth-order valence-electron chi connectivity index (χ4n) is 2.20. The molecule has 7 heteroatoms. The second-order valence-electron chi connectivity index (χ2n) is 4.77. The van der Waals surface area contributed by atoms with Crippen LogP contribution in [0.1, 0.15) is 10.5 Å². The number of halogens is 3. The summed E-state index contributed by atoms with van der Waals surface area (Å²) < 4.78 is 28.2. The normalized spacial score (nSPS) is 10.7. The molecular weight excluding hydrogens is 326 g/mol. The largest absolute Gasteiger partial charge is 0.476 e. The Morgan fingerprint density at radius 1 is 1.09 bits per heavy atom. The Kier molecular flexibility index (Phi) is 3.83. The van der Waals surface area contributed by atoms with Crippen LogP contribution >= 0.6 is 11.6 Å². The van der Waals surface area contributed by atoms with E-state index in [0.717, 1.165) is 18.2 Å². The monoisotopic (exact) mass is 334 g/mol. The summed E-state index contributed by atoms with van der Waals surface area (Å²) in [6.07, 6.45) is 0. The first-order valence-corrected chi connectivity index (χ1v) is 6.87. The molecule has 3 rings (SSSR count). The van der Waals surface area contributed by atoms with E-state index >= 15 is 0 Å². The van der Waals surface area contributed by atoms with Crippen LogP contribution in [-0.4, -0.2) is 20.9 Å². The van der Waals surface area contributed by atoms with Gasteiger partial charge >= 0.3 is 5.97 Å². The van der Waals surface area contributed by atoms with Gasteiger partial charge in [0.15, 0.2) is 5.69 Å². The molecule has 0 bridgehead atoms. The molecule has 23 heavy (non-hydrogen) atoms. The van der Waals surface area contributed by atoms with E-state index in [4.69, 9.17) is 16.7 Å². The first kappa shape index (κ1) is 15.2. The highest BCUT2D eigenvalue weighted by molar-refractivity contribution is 6.30. The third-order valence-corrected chi connectivity index (χ3v) is 3.37. The van der Waals surface area contributed by atoms with Gasteiger partial charge in [-0.1, -0.05) is 17.7 Å². The second kappa shape index (κ2) is 5.81. The molecule has 0 radical (unpaired) electrons. The van der Waals surface area contributed by atoms with Crippen molar-refractivity contribution in [3.8, 4) is 16.9 Å². The zero-order valence-electron chi connectivity index (χ0n) is 11.5. The summed E-state index contributed by atoms with van der Waals surface area (Å²) in [5.41, 5.74) is 0.639. The highest BCUT2D eigenvalue weighted by Gasteiger charge is 2.17. The number of carbonyl (C=O) groups is 1. The van der Waals surface area contributed by atoms with Crippen LogP contribution in [0.15, 0.2) is 48.5 Å². The number of aromatic nitrogens is 2. The zero-order chi connectivity index (χ0) is 16.6. The molecule has 0 aliphatic heterocycles. The number of hydrogen-bond acceptors (Lipinski definition) is 2. The van der Waals surface area contributed by atoms with Crippen molar-refractivity contribution in [1.29, 1.82) is 0 Å². The van der Waals surface area contributed by atoms with Crippen molar-refractivity contribution >= 4 is 17.6 Å². The van der Waals surface area contributed by atoms with Crippen molar-refractivity contribution in [2.75, 3.05) is 0 Å². The van der Waals surface area contributed by atoms with Gasteiger partial charge in [-0.05, 0) is 36.4 Å². The number of rotatable bonds is 3. The first-order chi connectivity index (χ1) is 10.9. The average Bonchev–Trinajstić information content (AvgIpc) is 2.91. The zero-order valence-corrected chi connectivity index (χ0v) is 12.3. The van der Waals surface area contributed by atoms with Gasteiger partial charge < -0.3 is 5.11 Å². The molecule has 1 aromatic heterocycles. The molecule has 1 N–H and O–H groups in total. The number of aromatic carboxylic acids is 1. The third-order valence-electron chi connectivity index (χ3n) is 3.14. The third kappa shape index (κ3) is 3.07. The minimum absolute atomic E-state index is 0.169. The summed E-state index contributed by atoms with van der Waals surface area (Å²) >= 11 is 5.94. The van der Waals surface area contributed by atoms with E-state index in [1.165, 1.54) is 10.7 Å². The lowest BCUT2D eigenvalue weighted by Gasteiger charge is -2.08. The average molecular weight is 335 g/mol. The standard InChI is InChI=1S/C16H9ClF2N2O2/c17-10-2-1-3-13(6-10)21-15(8-14(20-21)16(22)23)9-4-11(18)7-12(19)5-9/h1-8H,(H,22,23). The lowest BCUT2D eigenvalue weighted by atomic mass is 10.1. The number of benzene rings is 2. The molecule has 0 spiro atoms. The molecule has 0 aliphatic rings. The summed E-state index contributed by atoms with van der Waals surface area (Å²) in [6, 6.07) is 10.7. The van der Waals surface area contributed by atoms with Gasteiger partial charge in [-0.15, -0.1) is 0 Å². The molecule has 0 amide bonds. The molecule has 1 heterocycles. The molecule has 116 valence electrons. The summed E-state index contributed by atoms with van der Waals surface area (Å²) in [5.74, 6) is -2.78. The predicted molar refractivity (Wildman–Crippen MR) is 80.9 cm³/mol. The van der Waals surface area contributed by atoms with Gasteiger partial charge in [-0.2, -0.15) is 5.10 Å². The molecule has 0 saturated heterocycles. The van der Waals surface area contributed by atoms with Crippen molar-refractivity contribution < 1.29 is 18.7 Å². The van der Waals surface area contributed by atoms with Crippen LogP contribution in [0.3, 0.4) is 0 Å². The molecule has 0 saturated carbocycles. The maximum Gasteiger partial charge on any atom is 0.356 e. The summed E-state index contributed by atoms with van der Waals surface area (Å²) in [6.45, 7) is 0. The van der Waals surface area contributed by atoms with Crippen LogP contribution in [0.5, 0.6) is 0 Å². The minimum atomic E-state index is -1.25. The molecular formula is C16H9ClF2N2O2. The number of hydrogen-bond donors (Lipinski definition) is 1. The van der Waals surface area contributed by atoms with Crippen molar-refractivity contribution in [1.82, 2.24) is 9.78 Å². The lowest BCUT2D eigenvalue weighted by Crippen LogP contribution is -2.02. The van der Waals surface area contributed by atoms with E-state index < -0.39 is 17.6 Å². The van der Waals surface area contributed by atoms with E-state index in [2.05, 4.69) is 5.10 Å². The van der Waals surface area contributed by atoms with Gasteiger partial charge in [0.2, 0.25) is 0 Å². The Hall–Kier alpha value is -2.73. The van der Waals surface area contributed by atoms with Crippen molar-refractivity contribution in [3.63, 3.8) is 0 Å². The van der Waals surface area contributed by atoms with Crippen molar-refractivity contribution in [3.05, 3.63) is 70.9 Å². The highest BCUT2D eigenvalue weighted by atomic mass is 35.5. The maximum atomic E-state index is 13.5. The molecule has 0 fully saturated rings. The summed E-state index contributed by atoms with van der Waals surface area (Å²) in [5, 5.41) is 13.5. The smallest absolute Gasteiger partial charge is 0.356 e. The Labute approximate surface area is 134 Å². The number of nitrogens with zero attached hydrogens (tertiary/aromatic N) is 2. The Morgan fingerprint density at radius 2 is 1.78 bits per heavy atom. The number of carboxylic acids is 1. The van der Waals surface area contributed by atoms with Gasteiger partial charge in [0.25, 0.3) is 0 Å². The second-order valence-corrected chi connectivity index (χ2v) is 5.21. The van der Waals surface area contributed by atoms with Gasteiger partial charge in [-0.3, -0.25) is 0 Å². The first-order valence-electron chi connectivity index (χ1n) is 6.50. The van der Waals surface area contributed by atoms with E-state index in [9.17, 15) is 13.6 Å². The van der Waals surface area contributed by atoms with E-state index in [1.807, 2.05) is 0 Å². The highest BCUT2D eigenvalue weighted by Crippen LogP contribution is 2.26. The molecule has 2 aromatic carbocycles. The number of carboxylic acid groups (broad SMARTS) is 1. The van der Waals surface area contributed by atoms with Crippen molar-refractivity contribution in [2.24, 2.45) is 0 Å². The van der Waals surface area contributed by atoms with Crippen LogP contribution < -0.4 is 0 Å². The van der Waals surface area contributed by atoms with Crippen LogP contribution in [-0.2, 0) is 0 Å². The molecule has 0 unspecified atom stereocenters. The molecule has 3 aromatic rings. The molecule has 4 nitrogen and oxygen atoms in total. The van der Waals surface area contributed by atoms with E-state index in [0.29, 0.717) is 10.7 Å². The van der Waals surface area contributed by atoms with Gasteiger partial charge in [0, 0.05) is 16.7 Å². The minimum Gasteiger partial charge on any atom is -0.476 e. The van der Waals surface area contributed by atoms with Gasteiger partial charge in [0.05, 0.1) is 11.4 Å². The van der Waals surface area contributed by atoms with Crippen LogP contribution in [0.2, 0.25) is 5.02 Å². The van der Waals surface area contributed by atoms with Gasteiger partial charge in [-0.25, -0.2) is 18.3 Å². The topological polar surface area (TPSA) is 55.1 Å². The fraction of sp³-hybridized carbons (Fsp3) is 0. The van der Waals surface area contributed by atoms with Crippen LogP contribution in [0.4, 0.5) is 8.78 Å². The Bertz CT molecular complexity index is 889. The fourth-order valence-corrected chi connectivity index (χ4v) is 2.38. The molecule has 0 aliphatic carbocycles. The lowest BCUT2D eigenvalue weighted by molar-refractivity contribution is 0.0690. The summed E-state index contributed by atoms with van der Waals surface area (Å²) in [7, 11) is 0. The van der Waals surface area contributed by atoms with E-state index in [1.54, 1.807) is 24.3 Å². The predicted octanol–water partition coefficient (Wildman–Crippen LogP) is 4.17. The van der Waals surface area contributed by atoms with Crippen molar-refractivity contribution in [2.45, 2.75) is 0 Å². The Morgan fingerprint density at radius 3 is 2.39 bits per heavy atom. The van der Waals surface area contributed by atoms with Crippen LogP contribution in [0.25, 0.3) is 16.9 Å². The maximum absolute atomic E-state index is 13.5. The van der Waals surface area contributed by atoms with Crippen LogP contribution in [0, 0.1) is 11.6 Å². The van der Waals surface area contributed by atoms with Gasteiger partial charge in [0.1, 0.15) is 11.6 Å². The quantitative estimate of drug-likeness (QED) is 0.782. The summed E-state index contributed by atoms with van der Waals surface area (Å²) in [4.78, 5) is 11.2.